The summed E-state index contributed by atoms with van der Waals surface area (Å²) in [6.07, 6.45) is -3.82. The first kappa shape index (κ1) is 26.6. The predicted octanol–water partition coefficient (Wildman–Crippen LogP) is 4.39. The number of hydrogen-bond donors (Lipinski definition) is 2. The minimum absolute atomic E-state index is 0.273. The molecule has 0 saturated carbocycles. The Morgan fingerprint density at radius 2 is 1.77 bits per heavy atom. The molecule has 2 heterocycles. The number of fused-ring (bicyclic) bond motifs is 1. The van der Waals surface area contributed by atoms with Crippen LogP contribution in [0, 0.1) is 5.82 Å². The van der Waals surface area contributed by atoms with Crippen molar-refractivity contribution < 1.29 is 31.5 Å². The van der Waals surface area contributed by atoms with Crippen molar-refractivity contribution in [1.82, 2.24) is 0 Å². The van der Waals surface area contributed by atoms with Gasteiger partial charge in [-0.2, -0.15) is 13.2 Å². The second-order valence-corrected chi connectivity index (χ2v) is 8.93. The monoisotopic (exact) mass is 553 g/mol. The number of primary amides is 1. The first-order valence-electron chi connectivity index (χ1n) is 11.9. The van der Waals surface area contributed by atoms with Crippen LogP contribution in [0.15, 0.2) is 88.5 Å². The van der Waals surface area contributed by atoms with E-state index in [-0.39, 0.29) is 6.54 Å². The van der Waals surface area contributed by atoms with Gasteiger partial charge in [0.2, 0.25) is 5.55 Å². The molecule has 2 amide bonds. The van der Waals surface area contributed by atoms with E-state index in [1.54, 1.807) is 54.5 Å². The summed E-state index contributed by atoms with van der Waals surface area (Å²) in [5.74, 6) is 0.0402. The Kier molecular flexibility index (Phi) is 6.84. The number of nitrogens with two attached hydrogens (primary N) is 2. The lowest BCUT2D eigenvalue weighted by atomic mass is 10.1. The van der Waals surface area contributed by atoms with Crippen LogP contribution in [0.4, 0.5) is 33.7 Å². The third-order valence-electron chi connectivity index (χ3n) is 6.46. The molecule has 4 aromatic rings. The van der Waals surface area contributed by atoms with Crippen LogP contribution >= 0.6 is 0 Å². The van der Waals surface area contributed by atoms with Crippen molar-refractivity contribution in [3.8, 4) is 5.75 Å². The van der Waals surface area contributed by atoms with E-state index in [0.29, 0.717) is 51.8 Å². The minimum Gasteiger partial charge on any atom is -0.497 e. The average molecular weight is 554 g/mol. The van der Waals surface area contributed by atoms with E-state index >= 15 is 0 Å². The number of nitrogens with zero attached hydrogens (tertiary/aromatic N) is 3. The molecule has 12 heteroatoms. The highest BCUT2D eigenvalue weighted by Crippen LogP contribution is 2.35. The molecule has 1 unspecified atom stereocenters. The maximum atomic E-state index is 14.5. The summed E-state index contributed by atoms with van der Waals surface area (Å²) >= 11 is 0. The Labute approximate surface area is 225 Å². The second kappa shape index (κ2) is 10.3. The Bertz CT molecular complexity index is 1670. The molecule has 0 spiro atoms. The second-order valence-electron chi connectivity index (χ2n) is 8.93. The molecule has 5 rings (SSSR count). The number of ether oxygens (including phenoxy) is 1. The number of carbonyl (C=O) groups excluding carboxylic acids is 1. The molecule has 3 aromatic carbocycles. The predicted molar refractivity (Wildman–Crippen MR) is 139 cm³/mol. The number of anilines is 2. The van der Waals surface area contributed by atoms with Crippen molar-refractivity contribution in [1.29, 1.82) is 0 Å². The quantitative estimate of drug-likeness (QED) is 0.344. The van der Waals surface area contributed by atoms with Gasteiger partial charge in [0.15, 0.2) is 6.17 Å². The van der Waals surface area contributed by atoms with Crippen LogP contribution in [0.3, 0.4) is 0 Å². The van der Waals surface area contributed by atoms with E-state index in [0.717, 1.165) is 10.5 Å². The van der Waals surface area contributed by atoms with Gasteiger partial charge in [0.1, 0.15) is 17.4 Å². The van der Waals surface area contributed by atoms with Gasteiger partial charge in [-0.25, -0.2) is 14.2 Å². The van der Waals surface area contributed by atoms with Crippen LogP contribution < -0.4 is 36.8 Å². The summed E-state index contributed by atoms with van der Waals surface area (Å²) in [6, 6.07) is 16.4. The normalized spacial score (nSPS) is 14.9. The molecule has 0 radical (unpaired) electrons. The summed E-state index contributed by atoms with van der Waals surface area (Å²) in [5, 5.41) is 0.605. The highest BCUT2D eigenvalue weighted by Gasteiger charge is 2.32. The Balaban J connectivity index is 1.48. The van der Waals surface area contributed by atoms with Gasteiger partial charge in [-0.3, -0.25) is 4.90 Å². The van der Waals surface area contributed by atoms with Crippen molar-refractivity contribution >= 4 is 23.2 Å². The Morgan fingerprint density at radius 3 is 2.40 bits per heavy atom. The smallest absolute Gasteiger partial charge is 0.416 e. The largest absolute Gasteiger partial charge is 0.497 e. The number of benzene rings is 3. The van der Waals surface area contributed by atoms with E-state index in [4.69, 9.17) is 25.6 Å². The average Bonchev–Trinajstić information content (AvgIpc) is 3.41. The molecule has 0 saturated heterocycles. The van der Waals surface area contributed by atoms with Crippen molar-refractivity contribution in [2.75, 3.05) is 16.9 Å². The topological polar surface area (TPSA) is 110 Å². The van der Waals surface area contributed by atoms with Crippen molar-refractivity contribution in [2.45, 2.75) is 18.9 Å². The Morgan fingerprint density at radius 1 is 1.07 bits per heavy atom. The number of amides is 2. The fourth-order valence-corrected chi connectivity index (χ4v) is 4.43. The number of methoxy groups -OCH3 is 1. The van der Waals surface area contributed by atoms with Gasteiger partial charge in [0.25, 0.3) is 0 Å². The number of urea groups is 1. The van der Waals surface area contributed by atoms with Gasteiger partial charge in [-0.1, -0.05) is 24.3 Å². The maximum absolute atomic E-state index is 14.5. The van der Waals surface area contributed by atoms with Crippen LogP contribution in [0.5, 0.6) is 5.75 Å². The fourth-order valence-electron chi connectivity index (χ4n) is 4.43. The molecule has 1 aromatic heterocycles. The summed E-state index contributed by atoms with van der Waals surface area (Å²) in [7, 11) is 1.56. The zero-order chi connectivity index (χ0) is 28.6. The van der Waals surface area contributed by atoms with Crippen LogP contribution in [0.2, 0.25) is 0 Å². The molecule has 0 bridgehead atoms. The van der Waals surface area contributed by atoms with Gasteiger partial charge >= 0.3 is 12.2 Å². The van der Waals surface area contributed by atoms with Crippen LogP contribution in [-0.4, -0.2) is 13.1 Å². The molecule has 1 aliphatic heterocycles. The summed E-state index contributed by atoms with van der Waals surface area (Å²) in [6.45, 7) is -0.273. The fraction of sp³-hybridized carbons (Fsp3) is 0.143. The van der Waals surface area contributed by atoms with Crippen LogP contribution in [0.1, 0.15) is 22.9 Å². The van der Waals surface area contributed by atoms with Crippen LogP contribution in [-0.2, 0) is 12.7 Å². The highest BCUT2D eigenvalue weighted by molar-refractivity contribution is 5.91. The number of carbonyl (C=O) groups is 1. The van der Waals surface area contributed by atoms with Crippen LogP contribution in [0.25, 0.3) is 5.82 Å². The lowest BCUT2D eigenvalue weighted by molar-refractivity contribution is -0.137. The molecule has 1 aliphatic rings. The number of furan rings is 1. The van der Waals surface area contributed by atoms with Crippen molar-refractivity contribution in [3.63, 3.8) is 0 Å². The first-order chi connectivity index (χ1) is 19.1. The molecule has 206 valence electrons. The third kappa shape index (κ3) is 5.03. The standard InChI is InChI=1S/C28H23F4N5O3/c1-39-20-9-4-17(5-10-20)25-35-26-21(12-13-40-26)24(33)37(25)19-7-2-16(3-8-19)15-36(27(34)38)23-14-18(28(30,31)32)6-11-22(23)29/h2-14,25H,15,33H2,1H3,(H2,34,38). The number of alkyl halides is 3. The zero-order valence-electron chi connectivity index (χ0n) is 21.0. The summed E-state index contributed by atoms with van der Waals surface area (Å²) < 4.78 is 64.9. The van der Waals surface area contributed by atoms with E-state index < -0.39 is 35.4 Å². The lowest BCUT2D eigenvalue weighted by Gasteiger charge is -2.33. The zero-order valence-corrected chi connectivity index (χ0v) is 21.0. The molecular formula is C28H23F4N5O3. The van der Waals surface area contributed by atoms with Crippen molar-refractivity contribution in [2.24, 2.45) is 16.5 Å². The maximum Gasteiger partial charge on any atom is 0.416 e. The molecule has 8 nitrogen and oxygen atoms in total. The van der Waals surface area contributed by atoms with Gasteiger partial charge in [-0.05, 0) is 59.7 Å². The van der Waals surface area contributed by atoms with E-state index in [1.807, 2.05) is 12.1 Å². The first-order valence-corrected chi connectivity index (χ1v) is 11.9. The number of halogens is 4. The van der Waals surface area contributed by atoms with Gasteiger partial charge in [0.05, 0.1) is 36.4 Å². The van der Waals surface area contributed by atoms with Gasteiger partial charge in [-0.15, -0.1) is 0 Å². The SMILES string of the molecule is COc1ccc(C2N=c3occc3=C(N)N2c2ccc(CN(C(N)=O)c3cc(C(F)(F)F)ccc3F)cc2)cc1. The number of rotatable bonds is 6. The van der Waals surface area contributed by atoms with Gasteiger partial charge < -0.3 is 25.5 Å². The highest BCUT2D eigenvalue weighted by atomic mass is 19.4. The molecule has 1 atom stereocenters. The summed E-state index contributed by atoms with van der Waals surface area (Å²) in [4.78, 5) is 19.4. The Hall–Kier alpha value is -5.00. The van der Waals surface area contributed by atoms with E-state index in [9.17, 15) is 22.4 Å². The van der Waals surface area contributed by atoms with Gasteiger partial charge in [0, 0.05) is 5.69 Å². The van der Waals surface area contributed by atoms with Crippen molar-refractivity contribution in [3.05, 3.63) is 112 Å². The molecule has 40 heavy (non-hydrogen) atoms. The third-order valence-corrected chi connectivity index (χ3v) is 6.46. The van der Waals surface area contributed by atoms with E-state index in [1.165, 1.54) is 6.26 Å². The molecule has 0 fully saturated rings. The molecular weight excluding hydrogens is 530 g/mol. The minimum atomic E-state index is -4.72. The van der Waals surface area contributed by atoms with E-state index in [2.05, 4.69) is 0 Å². The molecule has 4 N–H and O–H groups in total. The lowest BCUT2D eigenvalue weighted by Crippen LogP contribution is -2.43. The number of hydrogen-bond acceptors (Lipinski definition) is 6. The molecule has 0 aliphatic carbocycles. The summed E-state index contributed by atoms with van der Waals surface area (Å²) in [5.41, 5.74) is 12.6.